The number of para-hydroxylation sites is 2. The van der Waals surface area contributed by atoms with Crippen molar-refractivity contribution in [2.75, 3.05) is 0 Å². The monoisotopic (exact) mass is 216 g/mol. The third-order valence-corrected chi connectivity index (χ3v) is 2.34. The van der Waals surface area contributed by atoms with Crippen LogP contribution in [0.1, 0.15) is 0 Å². The molecule has 0 radical (unpaired) electrons. The molecule has 0 unspecified atom stereocenters. The van der Waals surface area contributed by atoms with Crippen LogP contribution in [0, 0.1) is 0 Å². The zero-order valence-electron chi connectivity index (χ0n) is 8.18. The van der Waals surface area contributed by atoms with Gasteiger partial charge in [-0.15, -0.1) is 0 Å². The lowest BCUT2D eigenvalue weighted by molar-refractivity contribution is 0.322. The molecule has 4 heteroatoms. The maximum absolute atomic E-state index is 9.58. The summed E-state index contributed by atoms with van der Waals surface area (Å²) in [5, 5.41) is 19.2. The van der Waals surface area contributed by atoms with Gasteiger partial charge in [0.05, 0.1) is 0 Å². The molecule has 0 fully saturated rings. The fourth-order valence-corrected chi connectivity index (χ4v) is 1.59. The molecule has 0 bridgehead atoms. The number of hydrogen-bond donors (Lipinski definition) is 2. The molecule has 1 aliphatic rings. The van der Waals surface area contributed by atoms with E-state index in [9.17, 15) is 10.2 Å². The van der Waals surface area contributed by atoms with E-state index < -0.39 is 0 Å². The maximum Gasteiger partial charge on any atom is 0.211 e. The predicted octanol–water partition coefficient (Wildman–Crippen LogP) is 3.00. The van der Waals surface area contributed by atoms with Crippen molar-refractivity contribution >= 4 is 0 Å². The Hall–Kier alpha value is -2.36. The summed E-state index contributed by atoms with van der Waals surface area (Å²) in [4.78, 5) is 0. The van der Waals surface area contributed by atoms with E-state index in [4.69, 9.17) is 9.47 Å². The van der Waals surface area contributed by atoms with Gasteiger partial charge in [0, 0.05) is 0 Å². The number of ether oxygens (including phenoxy) is 2. The number of fused-ring (bicyclic) bond motifs is 2. The second-order valence-corrected chi connectivity index (χ2v) is 3.41. The highest BCUT2D eigenvalue weighted by Gasteiger charge is 2.23. The number of benzene rings is 2. The summed E-state index contributed by atoms with van der Waals surface area (Å²) in [5.41, 5.74) is 0. The number of phenols is 2. The number of hydrogen-bond acceptors (Lipinski definition) is 4. The lowest BCUT2D eigenvalue weighted by Gasteiger charge is -2.21. The molecule has 0 spiro atoms. The van der Waals surface area contributed by atoms with Crippen molar-refractivity contribution < 1.29 is 19.7 Å². The van der Waals surface area contributed by atoms with Crippen molar-refractivity contribution in [2.24, 2.45) is 0 Å². The molecular formula is C12H8O4. The van der Waals surface area contributed by atoms with Crippen molar-refractivity contribution in [3.8, 4) is 34.5 Å². The zero-order valence-corrected chi connectivity index (χ0v) is 8.18. The van der Waals surface area contributed by atoms with Crippen molar-refractivity contribution in [3.63, 3.8) is 0 Å². The first kappa shape index (κ1) is 8.91. The minimum absolute atomic E-state index is 0.00601. The van der Waals surface area contributed by atoms with Crippen LogP contribution in [0.25, 0.3) is 0 Å². The van der Waals surface area contributed by atoms with E-state index >= 15 is 0 Å². The fourth-order valence-electron chi connectivity index (χ4n) is 1.59. The second-order valence-electron chi connectivity index (χ2n) is 3.41. The van der Waals surface area contributed by atoms with Crippen LogP contribution in [0.15, 0.2) is 36.4 Å². The molecule has 0 aliphatic carbocycles. The molecule has 0 atom stereocenters. The quantitative estimate of drug-likeness (QED) is 0.606. The van der Waals surface area contributed by atoms with Gasteiger partial charge in [0.15, 0.2) is 23.0 Å². The van der Waals surface area contributed by atoms with Gasteiger partial charge in [0.25, 0.3) is 0 Å². The SMILES string of the molecule is Oc1cccc2c1Oc1cccc(O)c1O2. The average Bonchev–Trinajstić information content (AvgIpc) is 2.29. The average molecular weight is 216 g/mol. The van der Waals surface area contributed by atoms with Gasteiger partial charge in [-0.3, -0.25) is 0 Å². The van der Waals surface area contributed by atoms with E-state index in [0.29, 0.717) is 11.5 Å². The van der Waals surface area contributed by atoms with Crippen molar-refractivity contribution in [1.29, 1.82) is 0 Å². The number of phenolic OH excluding ortho intramolecular Hbond substituents is 2. The number of rotatable bonds is 0. The van der Waals surface area contributed by atoms with Crippen LogP contribution < -0.4 is 9.47 Å². The summed E-state index contributed by atoms with van der Waals surface area (Å²) in [6.45, 7) is 0. The molecule has 2 N–H and O–H groups in total. The zero-order chi connectivity index (χ0) is 11.1. The standard InChI is InChI=1S/C12H8O4/c13-7-3-1-5-9-11(7)16-10-6-2-4-8(14)12(10)15-9/h1-6,13-14H. The lowest BCUT2D eigenvalue weighted by atomic mass is 10.2. The Morgan fingerprint density at radius 1 is 0.688 bits per heavy atom. The van der Waals surface area contributed by atoms with Gasteiger partial charge in [-0.1, -0.05) is 12.1 Å². The third-order valence-electron chi connectivity index (χ3n) is 2.34. The minimum atomic E-state index is 0.00601. The molecule has 0 saturated carbocycles. The summed E-state index contributed by atoms with van der Waals surface area (Å²) in [6.07, 6.45) is 0. The van der Waals surface area contributed by atoms with Crippen molar-refractivity contribution in [1.82, 2.24) is 0 Å². The van der Waals surface area contributed by atoms with Gasteiger partial charge in [-0.2, -0.15) is 0 Å². The summed E-state index contributed by atoms with van der Waals surface area (Å²) in [6, 6.07) is 9.62. The van der Waals surface area contributed by atoms with Gasteiger partial charge in [-0.05, 0) is 24.3 Å². The molecular weight excluding hydrogens is 208 g/mol. The molecule has 0 aromatic heterocycles. The highest BCUT2D eigenvalue weighted by Crippen LogP contribution is 2.51. The highest BCUT2D eigenvalue weighted by molar-refractivity contribution is 5.62. The molecule has 2 aromatic carbocycles. The molecule has 0 amide bonds. The topological polar surface area (TPSA) is 58.9 Å². The van der Waals surface area contributed by atoms with Gasteiger partial charge in [-0.25, -0.2) is 0 Å². The predicted molar refractivity (Wildman–Crippen MR) is 56.4 cm³/mol. The third kappa shape index (κ3) is 1.16. The Morgan fingerprint density at radius 2 is 1.12 bits per heavy atom. The van der Waals surface area contributed by atoms with Crippen LogP contribution in [0.3, 0.4) is 0 Å². The first-order chi connectivity index (χ1) is 7.75. The first-order valence-corrected chi connectivity index (χ1v) is 4.75. The Kier molecular flexibility index (Phi) is 1.71. The number of aromatic hydroxyl groups is 2. The minimum Gasteiger partial charge on any atom is -0.504 e. The summed E-state index contributed by atoms with van der Waals surface area (Å²) in [5.74, 6) is 1.31. The van der Waals surface area contributed by atoms with E-state index in [1.54, 1.807) is 24.3 Å². The Labute approximate surface area is 91.3 Å². The van der Waals surface area contributed by atoms with Gasteiger partial charge >= 0.3 is 0 Å². The van der Waals surface area contributed by atoms with Crippen LogP contribution in [0.2, 0.25) is 0 Å². The van der Waals surface area contributed by atoms with E-state index in [-0.39, 0.29) is 23.0 Å². The molecule has 1 heterocycles. The van der Waals surface area contributed by atoms with E-state index in [1.165, 1.54) is 12.1 Å². The fraction of sp³-hybridized carbons (Fsp3) is 0. The van der Waals surface area contributed by atoms with Gasteiger partial charge < -0.3 is 19.7 Å². The van der Waals surface area contributed by atoms with Gasteiger partial charge in [0.1, 0.15) is 0 Å². The lowest BCUT2D eigenvalue weighted by Crippen LogP contribution is -1.98. The second kappa shape index (κ2) is 3.06. The largest absolute Gasteiger partial charge is 0.504 e. The smallest absolute Gasteiger partial charge is 0.211 e. The van der Waals surface area contributed by atoms with Crippen LogP contribution in [0.4, 0.5) is 0 Å². The summed E-state index contributed by atoms with van der Waals surface area (Å²) >= 11 is 0. The first-order valence-electron chi connectivity index (χ1n) is 4.75. The molecule has 2 aromatic rings. The molecule has 0 saturated heterocycles. The molecule has 1 aliphatic heterocycles. The van der Waals surface area contributed by atoms with Crippen LogP contribution in [-0.2, 0) is 0 Å². The summed E-state index contributed by atoms with van der Waals surface area (Å²) < 4.78 is 10.9. The summed E-state index contributed by atoms with van der Waals surface area (Å²) in [7, 11) is 0. The van der Waals surface area contributed by atoms with Crippen LogP contribution >= 0.6 is 0 Å². The van der Waals surface area contributed by atoms with E-state index in [0.717, 1.165) is 0 Å². The molecule has 80 valence electrons. The van der Waals surface area contributed by atoms with Crippen molar-refractivity contribution in [3.05, 3.63) is 36.4 Å². The Morgan fingerprint density at radius 3 is 1.56 bits per heavy atom. The molecule has 16 heavy (non-hydrogen) atoms. The molecule has 4 nitrogen and oxygen atoms in total. The normalized spacial score (nSPS) is 12.0. The Balaban J connectivity index is 2.17. The van der Waals surface area contributed by atoms with E-state index in [2.05, 4.69) is 0 Å². The highest BCUT2D eigenvalue weighted by atomic mass is 16.6. The van der Waals surface area contributed by atoms with E-state index in [1.807, 2.05) is 0 Å². The van der Waals surface area contributed by atoms with Crippen molar-refractivity contribution in [2.45, 2.75) is 0 Å². The van der Waals surface area contributed by atoms with Gasteiger partial charge in [0.2, 0.25) is 11.5 Å². The molecule has 3 rings (SSSR count). The Bertz CT molecular complexity index is 511. The van der Waals surface area contributed by atoms with Crippen LogP contribution in [-0.4, -0.2) is 10.2 Å². The van der Waals surface area contributed by atoms with Crippen LogP contribution in [0.5, 0.6) is 34.5 Å². The maximum atomic E-state index is 9.58.